The lowest BCUT2D eigenvalue weighted by atomic mass is 9.92. The van der Waals surface area contributed by atoms with Crippen LogP contribution in [-0.2, 0) is 11.2 Å². The number of benzene rings is 1. The molecule has 1 aliphatic rings. The molecule has 1 fully saturated rings. The Balaban J connectivity index is 1.57. The van der Waals surface area contributed by atoms with Crippen molar-refractivity contribution in [1.82, 2.24) is 20.1 Å². The number of likely N-dealkylation sites (tertiary alicyclic amines) is 1. The predicted octanol–water partition coefficient (Wildman–Crippen LogP) is 3.63. The number of carbonyl (C=O) groups is 1. The zero-order chi connectivity index (χ0) is 17.8. The molecule has 3 rings (SSSR count). The summed E-state index contributed by atoms with van der Waals surface area (Å²) in [5, 5.41) is 7.83. The van der Waals surface area contributed by atoms with Crippen LogP contribution < -0.4 is 0 Å². The molecule has 0 bridgehead atoms. The normalized spacial score (nSPS) is 20.7. The number of hydrogen-bond donors (Lipinski definition) is 1. The first kappa shape index (κ1) is 18.0. The van der Waals surface area contributed by atoms with Gasteiger partial charge in [-0.15, -0.1) is 5.10 Å². The summed E-state index contributed by atoms with van der Waals surface area (Å²) >= 11 is 1.40. The summed E-state index contributed by atoms with van der Waals surface area (Å²) in [6.45, 7) is 8.31. The Morgan fingerprint density at radius 3 is 2.56 bits per heavy atom. The van der Waals surface area contributed by atoms with E-state index < -0.39 is 0 Å². The van der Waals surface area contributed by atoms with E-state index in [0.29, 0.717) is 22.7 Å². The van der Waals surface area contributed by atoms with Gasteiger partial charge in [0.25, 0.3) is 0 Å². The molecule has 0 saturated carbocycles. The number of carbonyl (C=O) groups excluding carboxylic acids is 1. The van der Waals surface area contributed by atoms with Crippen molar-refractivity contribution in [1.29, 1.82) is 0 Å². The number of amides is 1. The van der Waals surface area contributed by atoms with E-state index in [2.05, 4.69) is 60.2 Å². The lowest BCUT2D eigenvalue weighted by molar-refractivity contribution is -0.130. The smallest absolute Gasteiger partial charge is 0.233 e. The third kappa shape index (κ3) is 4.63. The van der Waals surface area contributed by atoms with Gasteiger partial charge < -0.3 is 4.90 Å². The Kier molecular flexibility index (Phi) is 5.78. The van der Waals surface area contributed by atoms with Gasteiger partial charge in [0.2, 0.25) is 11.1 Å². The number of aromatic nitrogens is 3. The van der Waals surface area contributed by atoms with Crippen LogP contribution in [0.4, 0.5) is 0 Å². The third-order valence-electron chi connectivity index (χ3n) is 4.65. The Morgan fingerprint density at radius 1 is 1.24 bits per heavy atom. The number of rotatable bonds is 5. The zero-order valence-corrected chi connectivity index (χ0v) is 16.0. The van der Waals surface area contributed by atoms with Crippen molar-refractivity contribution in [3.63, 3.8) is 0 Å². The molecule has 1 aliphatic heterocycles. The second-order valence-corrected chi connectivity index (χ2v) is 7.99. The van der Waals surface area contributed by atoms with Gasteiger partial charge in [-0.2, -0.15) is 0 Å². The number of aryl methyl sites for hydroxylation is 1. The second-order valence-electron chi connectivity index (χ2n) is 7.05. The van der Waals surface area contributed by atoms with Gasteiger partial charge in [-0.3, -0.25) is 9.89 Å². The summed E-state index contributed by atoms with van der Waals surface area (Å²) in [7, 11) is 0. The minimum absolute atomic E-state index is 0.182. The first-order chi connectivity index (χ1) is 12.0. The van der Waals surface area contributed by atoms with Crippen molar-refractivity contribution in [3.05, 3.63) is 29.8 Å². The molecule has 0 radical (unpaired) electrons. The van der Waals surface area contributed by atoms with Crippen LogP contribution in [0.3, 0.4) is 0 Å². The van der Waals surface area contributed by atoms with Gasteiger partial charge in [0, 0.05) is 18.7 Å². The molecule has 5 nitrogen and oxygen atoms in total. The van der Waals surface area contributed by atoms with Crippen molar-refractivity contribution in [2.45, 2.75) is 38.8 Å². The minimum atomic E-state index is 0.182. The van der Waals surface area contributed by atoms with E-state index >= 15 is 0 Å². The predicted molar refractivity (Wildman–Crippen MR) is 101 cm³/mol. The minimum Gasteiger partial charge on any atom is -0.341 e. The van der Waals surface area contributed by atoms with Gasteiger partial charge in [0.05, 0.1) is 5.75 Å². The van der Waals surface area contributed by atoms with E-state index in [1.54, 1.807) is 0 Å². The Labute approximate surface area is 153 Å². The van der Waals surface area contributed by atoms with Crippen LogP contribution in [0.2, 0.25) is 0 Å². The average molecular weight is 359 g/mol. The van der Waals surface area contributed by atoms with E-state index in [-0.39, 0.29) is 5.91 Å². The van der Waals surface area contributed by atoms with Crippen LogP contribution in [0.25, 0.3) is 11.4 Å². The van der Waals surface area contributed by atoms with Gasteiger partial charge >= 0.3 is 0 Å². The van der Waals surface area contributed by atoms with Crippen LogP contribution in [0.1, 0.15) is 32.8 Å². The molecule has 2 atom stereocenters. The van der Waals surface area contributed by atoms with Gasteiger partial charge in [-0.1, -0.05) is 56.8 Å². The maximum absolute atomic E-state index is 12.4. The molecular weight excluding hydrogens is 332 g/mol. The summed E-state index contributed by atoms with van der Waals surface area (Å²) in [5.74, 6) is 2.49. The molecule has 134 valence electrons. The van der Waals surface area contributed by atoms with Crippen molar-refractivity contribution in [3.8, 4) is 11.4 Å². The standard InChI is InChI=1S/C19H26N4OS/c1-4-15-5-7-16(8-6-15)18-20-19(22-21-18)25-12-17(24)23-10-13(2)9-14(3)11-23/h5-8,13-14H,4,9-12H2,1-3H3,(H,20,21,22)/t13-,14+. The highest BCUT2D eigenvalue weighted by molar-refractivity contribution is 7.99. The summed E-state index contributed by atoms with van der Waals surface area (Å²) in [5.41, 5.74) is 2.31. The molecule has 25 heavy (non-hydrogen) atoms. The van der Waals surface area contributed by atoms with Crippen LogP contribution in [0.5, 0.6) is 0 Å². The van der Waals surface area contributed by atoms with Gasteiger partial charge in [0.1, 0.15) is 0 Å². The van der Waals surface area contributed by atoms with E-state index in [4.69, 9.17) is 0 Å². The first-order valence-corrected chi connectivity index (χ1v) is 9.96. The fourth-order valence-electron chi connectivity index (χ4n) is 3.42. The Hall–Kier alpha value is -1.82. The number of aromatic amines is 1. The summed E-state index contributed by atoms with van der Waals surface area (Å²) < 4.78 is 0. The highest BCUT2D eigenvalue weighted by atomic mass is 32.2. The molecular formula is C19H26N4OS. The molecule has 1 aromatic heterocycles. The number of hydrogen-bond acceptors (Lipinski definition) is 4. The maximum atomic E-state index is 12.4. The summed E-state index contributed by atoms with van der Waals surface area (Å²) in [6, 6.07) is 8.31. The molecule has 1 N–H and O–H groups in total. The lowest BCUT2D eigenvalue weighted by Crippen LogP contribution is -2.43. The molecule has 0 aliphatic carbocycles. The zero-order valence-electron chi connectivity index (χ0n) is 15.2. The molecule has 2 aromatic rings. The van der Waals surface area contributed by atoms with Crippen LogP contribution in [0.15, 0.2) is 29.4 Å². The Bertz CT molecular complexity index is 702. The number of H-pyrrole nitrogens is 1. The van der Waals surface area contributed by atoms with E-state index in [1.807, 2.05) is 4.90 Å². The molecule has 2 heterocycles. The second kappa shape index (κ2) is 8.04. The van der Waals surface area contributed by atoms with Crippen molar-refractivity contribution >= 4 is 17.7 Å². The molecule has 0 spiro atoms. The van der Waals surface area contributed by atoms with Crippen molar-refractivity contribution in [2.24, 2.45) is 11.8 Å². The lowest BCUT2D eigenvalue weighted by Gasteiger charge is -2.34. The topological polar surface area (TPSA) is 61.9 Å². The monoisotopic (exact) mass is 358 g/mol. The maximum Gasteiger partial charge on any atom is 0.233 e. The quantitative estimate of drug-likeness (QED) is 0.829. The third-order valence-corrected chi connectivity index (χ3v) is 5.48. The Morgan fingerprint density at radius 2 is 1.92 bits per heavy atom. The molecule has 0 unspecified atom stereocenters. The number of nitrogens with zero attached hydrogens (tertiary/aromatic N) is 3. The van der Waals surface area contributed by atoms with Gasteiger partial charge in [-0.05, 0) is 30.2 Å². The SMILES string of the molecule is CCc1ccc(-c2nc(SCC(=O)N3C[C@H](C)C[C@H](C)C3)n[nH]2)cc1. The van der Waals surface area contributed by atoms with Crippen molar-refractivity contribution in [2.75, 3.05) is 18.8 Å². The van der Waals surface area contributed by atoms with Gasteiger partial charge in [0.15, 0.2) is 5.82 Å². The molecule has 1 aromatic carbocycles. The number of piperidine rings is 1. The van der Waals surface area contributed by atoms with E-state index in [1.165, 1.54) is 23.7 Å². The first-order valence-electron chi connectivity index (χ1n) is 8.97. The summed E-state index contributed by atoms with van der Waals surface area (Å²) in [6.07, 6.45) is 2.23. The van der Waals surface area contributed by atoms with Crippen LogP contribution >= 0.6 is 11.8 Å². The van der Waals surface area contributed by atoms with E-state index in [0.717, 1.165) is 30.9 Å². The van der Waals surface area contributed by atoms with Crippen LogP contribution in [0, 0.1) is 11.8 Å². The highest BCUT2D eigenvalue weighted by Gasteiger charge is 2.25. The fraction of sp³-hybridized carbons (Fsp3) is 0.526. The summed E-state index contributed by atoms with van der Waals surface area (Å²) in [4.78, 5) is 18.9. The van der Waals surface area contributed by atoms with Gasteiger partial charge in [-0.25, -0.2) is 4.98 Å². The highest BCUT2D eigenvalue weighted by Crippen LogP contribution is 2.23. The molecule has 1 amide bonds. The largest absolute Gasteiger partial charge is 0.341 e. The van der Waals surface area contributed by atoms with Crippen LogP contribution in [-0.4, -0.2) is 44.8 Å². The van der Waals surface area contributed by atoms with Crippen molar-refractivity contribution < 1.29 is 4.79 Å². The fourth-order valence-corrected chi connectivity index (χ4v) is 4.12. The number of nitrogens with one attached hydrogen (secondary N) is 1. The van der Waals surface area contributed by atoms with E-state index in [9.17, 15) is 4.79 Å². The molecule has 6 heteroatoms. The number of thioether (sulfide) groups is 1. The average Bonchev–Trinajstić information content (AvgIpc) is 3.08. The molecule has 1 saturated heterocycles.